The summed E-state index contributed by atoms with van der Waals surface area (Å²) in [4.78, 5) is 31.3. The number of hydrogen-bond donors (Lipinski definition) is 1. The van der Waals surface area contributed by atoms with Crippen LogP contribution in [0.2, 0.25) is 0 Å². The fourth-order valence-electron chi connectivity index (χ4n) is 4.18. The van der Waals surface area contributed by atoms with E-state index in [4.69, 9.17) is 0 Å². The first-order valence-electron chi connectivity index (χ1n) is 10.6. The Morgan fingerprint density at radius 2 is 1.54 bits per heavy atom. The van der Waals surface area contributed by atoms with Crippen molar-refractivity contribution in [3.05, 3.63) is 35.4 Å². The molecule has 0 aromatic heterocycles. The standard InChI is InChI=1S/C22H34N4O2/c1-18-8-4-5-9-20(18)19(2)23-21(27)16-24-12-14-25(15-13-24)17-22(28)26-10-6-3-7-11-26/h4-5,8-9,19H,3,6-7,10-17H2,1-2H3,(H,23,27)/t19-/m1/s1. The summed E-state index contributed by atoms with van der Waals surface area (Å²) in [6.07, 6.45) is 3.51. The molecule has 6 heteroatoms. The van der Waals surface area contributed by atoms with E-state index in [1.165, 1.54) is 12.0 Å². The van der Waals surface area contributed by atoms with Gasteiger partial charge in [-0.05, 0) is 44.2 Å². The van der Waals surface area contributed by atoms with Gasteiger partial charge in [0.15, 0.2) is 0 Å². The van der Waals surface area contributed by atoms with Crippen LogP contribution in [0.1, 0.15) is 43.4 Å². The number of hydrogen-bond acceptors (Lipinski definition) is 4. The quantitative estimate of drug-likeness (QED) is 0.810. The van der Waals surface area contributed by atoms with E-state index < -0.39 is 0 Å². The van der Waals surface area contributed by atoms with Gasteiger partial charge in [0.2, 0.25) is 11.8 Å². The normalized spacial score (nSPS) is 20.0. The van der Waals surface area contributed by atoms with Gasteiger partial charge in [0.1, 0.15) is 0 Å². The van der Waals surface area contributed by atoms with Gasteiger partial charge in [0, 0.05) is 39.3 Å². The molecule has 0 saturated carbocycles. The van der Waals surface area contributed by atoms with Crippen LogP contribution in [-0.4, -0.2) is 78.9 Å². The molecule has 2 aliphatic heterocycles. The van der Waals surface area contributed by atoms with Crippen LogP contribution >= 0.6 is 0 Å². The smallest absolute Gasteiger partial charge is 0.236 e. The van der Waals surface area contributed by atoms with Gasteiger partial charge < -0.3 is 10.2 Å². The maximum absolute atomic E-state index is 12.4. The molecule has 2 amide bonds. The highest BCUT2D eigenvalue weighted by Gasteiger charge is 2.24. The van der Waals surface area contributed by atoms with Crippen molar-refractivity contribution in [1.29, 1.82) is 0 Å². The number of benzene rings is 1. The lowest BCUT2D eigenvalue weighted by Gasteiger charge is -2.35. The molecule has 1 atom stereocenters. The van der Waals surface area contributed by atoms with Gasteiger partial charge in [-0.2, -0.15) is 0 Å². The van der Waals surface area contributed by atoms with Gasteiger partial charge in [-0.25, -0.2) is 0 Å². The van der Waals surface area contributed by atoms with E-state index in [-0.39, 0.29) is 17.9 Å². The summed E-state index contributed by atoms with van der Waals surface area (Å²) in [5, 5.41) is 3.12. The summed E-state index contributed by atoms with van der Waals surface area (Å²) in [5.74, 6) is 0.326. The molecule has 0 spiro atoms. The van der Waals surface area contributed by atoms with Crippen LogP contribution in [0, 0.1) is 6.92 Å². The number of piperazine rings is 1. The Kier molecular flexibility index (Phi) is 7.45. The number of nitrogens with zero attached hydrogens (tertiary/aromatic N) is 3. The van der Waals surface area contributed by atoms with Crippen LogP contribution in [0.25, 0.3) is 0 Å². The average molecular weight is 387 g/mol. The highest BCUT2D eigenvalue weighted by atomic mass is 16.2. The van der Waals surface area contributed by atoms with Crippen LogP contribution in [0.5, 0.6) is 0 Å². The molecule has 2 heterocycles. The highest BCUT2D eigenvalue weighted by Crippen LogP contribution is 2.16. The average Bonchev–Trinajstić information content (AvgIpc) is 2.70. The molecule has 6 nitrogen and oxygen atoms in total. The topological polar surface area (TPSA) is 55.9 Å². The maximum Gasteiger partial charge on any atom is 0.236 e. The first-order valence-corrected chi connectivity index (χ1v) is 10.6. The van der Waals surface area contributed by atoms with Crippen molar-refractivity contribution in [3.63, 3.8) is 0 Å². The summed E-state index contributed by atoms with van der Waals surface area (Å²) in [7, 11) is 0. The first-order chi connectivity index (χ1) is 13.5. The minimum absolute atomic E-state index is 0.0113. The Morgan fingerprint density at radius 3 is 2.18 bits per heavy atom. The third kappa shape index (κ3) is 5.79. The molecular formula is C22H34N4O2. The van der Waals surface area contributed by atoms with Gasteiger partial charge in [0.05, 0.1) is 19.1 Å². The number of likely N-dealkylation sites (tertiary alicyclic amines) is 1. The third-order valence-electron chi connectivity index (χ3n) is 5.93. The van der Waals surface area contributed by atoms with Crippen molar-refractivity contribution in [2.45, 2.75) is 39.2 Å². The molecule has 0 aliphatic carbocycles. The number of rotatable bonds is 6. The van der Waals surface area contributed by atoms with E-state index >= 15 is 0 Å². The van der Waals surface area contributed by atoms with Crippen LogP contribution in [0.3, 0.4) is 0 Å². The summed E-state index contributed by atoms with van der Waals surface area (Å²) in [5.41, 5.74) is 2.36. The second-order valence-corrected chi connectivity index (χ2v) is 8.14. The van der Waals surface area contributed by atoms with Crippen LogP contribution in [0.15, 0.2) is 24.3 Å². The Morgan fingerprint density at radius 1 is 0.929 bits per heavy atom. The van der Waals surface area contributed by atoms with Gasteiger partial charge in [0.25, 0.3) is 0 Å². The van der Waals surface area contributed by atoms with Crippen molar-refractivity contribution in [2.75, 3.05) is 52.4 Å². The van der Waals surface area contributed by atoms with Gasteiger partial charge in [-0.15, -0.1) is 0 Å². The van der Waals surface area contributed by atoms with Crippen LogP contribution in [0.4, 0.5) is 0 Å². The number of carbonyl (C=O) groups excluding carboxylic acids is 2. The number of carbonyl (C=O) groups is 2. The van der Waals surface area contributed by atoms with E-state index in [9.17, 15) is 9.59 Å². The van der Waals surface area contributed by atoms with Crippen LogP contribution in [-0.2, 0) is 9.59 Å². The lowest BCUT2D eigenvalue weighted by atomic mass is 10.0. The van der Waals surface area contributed by atoms with Crippen LogP contribution < -0.4 is 5.32 Å². The van der Waals surface area contributed by atoms with Crippen molar-refractivity contribution in [3.8, 4) is 0 Å². The summed E-state index contributed by atoms with van der Waals surface area (Å²) in [6.45, 7) is 10.2. The molecule has 0 unspecified atom stereocenters. The molecule has 1 aromatic rings. The van der Waals surface area contributed by atoms with Gasteiger partial charge in [-0.3, -0.25) is 19.4 Å². The molecule has 154 valence electrons. The predicted octanol–water partition coefficient (Wildman–Crippen LogP) is 1.80. The third-order valence-corrected chi connectivity index (χ3v) is 5.93. The number of amides is 2. The minimum atomic E-state index is 0.0113. The summed E-state index contributed by atoms with van der Waals surface area (Å²) >= 11 is 0. The molecule has 0 radical (unpaired) electrons. The Hall–Kier alpha value is -1.92. The Labute approximate surface area is 168 Å². The second-order valence-electron chi connectivity index (χ2n) is 8.14. The second kappa shape index (κ2) is 10.0. The lowest BCUT2D eigenvalue weighted by Crippen LogP contribution is -2.52. The summed E-state index contributed by atoms with van der Waals surface area (Å²) < 4.78 is 0. The molecule has 2 saturated heterocycles. The molecular weight excluding hydrogens is 352 g/mol. The highest BCUT2D eigenvalue weighted by molar-refractivity contribution is 5.79. The molecule has 28 heavy (non-hydrogen) atoms. The fraction of sp³-hybridized carbons (Fsp3) is 0.636. The monoisotopic (exact) mass is 386 g/mol. The molecule has 1 aromatic carbocycles. The summed E-state index contributed by atoms with van der Waals surface area (Å²) in [6, 6.07) is 8.18. The van der Waals surface area contributed by atoms with Crippen molar-refractivity contribution in [2.24, 2.45) is 0 Å². The lowest BCUT2D eigenvalue weighted by molar-refractivity contribution is -0.134. The number of piperidine rings is 1. The molecule has 1 N–H and O–H groups in total. The molecule has 3 rings (SSSR count). The first kappa shape index (κ1) is 20.8. The Balaban J connectivity index is 1.38. The van der Waals surface area contributed by atoms with Crippen molar-refractivity contribution >= 4 is 11.8 Å². The van der Waals surface area contributed by atoms with Crippen molar-refractivity contribution in [1.82, 2.24) is 20.0 Å². The van der Waals surface area contributed by atoms with Gasteiger partial charge in [-0.1, -0.05) is 24.3 Å². The van der Waals surface area contributed by atoms with E-state index in [1.807, 2.05) is 24.0 Å². The SMILES string of the molecule is Cc1ccccc1[C@@H](C)NC(=O)CN1CCN(CC(=O)N2CCCCC2)CC1. The number of aryl methyl sites for hydroxylation is 1. The zero-order valence-corrected chi connectivity index (χ0v) is 17.3. The Bertz CT molecular complexity index is 664. The largest absolute Gasteiger partial charge is 0.348 e. The molecule has 2 fully saturated rings. The fourth-order valence-corrected chi connectivity index (χ4v) is 4.18. The number of nitrogens with one attached hydrogen (secondary N) is 1. The van der Waals surface area contributed by atoms with Crippen molar-refractivity contribution < 1.29 is 9.59 Å². The zero-order valence-electron chi connectivity index (χ0n) is 17.3. The predicted molar refractivity (Wildman–Crippen MR) is 111 cm³/mol. The maximum atomic E-state index is 12.4. The van der Waals surface area contributed by atoms with E-state index in [0.29, 0.717) is 13.1 Å². The zero-order chi connectivity index (χ0) is 19.9. The molecule has 2 aliphatic rings. The molecule has 0 bridgehead atoms. The van der Waals surface area contributed by atoms with E-state index in [1.54, 1.807) is 0 Å². The minimum Gasteiger partial charge on any atom is -0.348 e. The van der Waals surface area contributed by atoms with Gasteiger partial charge >= 0.3 is 0 Å². The van der Waals surface area contributed by atoms with E-state index in [0.717, 1.165) is 57.7 Å². The van der Waals surface area contributed by atoms with E-state index in [2.05, 4.69) is 34.2 Å².